The molecule has 0 spiro atoms. The summed E-state index contributed by atoms with van der Waals surface area (Å²) in [5, 5.41) is 0. The maximum atomic E-state index is 11.9. The number of phosphoric ester groups is 1. The van der Waals surface area contributed by atoms with Gasteiger partial charge in [-0.3, -0.25) is 9.05 Å². The van der Waals surface area contributed by atoms with Crippen LogP contribution in [0.25, 0.3) is 0 Å². The van der Waals surface area contributed by atoms with Gasteiger partial charge < -0.3 is 14.4 Å². The average Bonchev–Trinajstić information content (AvgIpc) is 2.48. The van der Waals surface area contributed by atoms with E-state index in [1.807, 2.05) is 28.6 Å². The number of hydrogen-bond acceptors (Lipinski definition) is 5. The predicted octanol–water partition coefficient (Wildman–Crippen LogP) is 1.46. The molecule has 8 heteroatoms. The first-order valence-electron chi connectivity index (χ1n) is 7.03. The lowest BCUT2D eigenvalue weighted by Gasteiger charge is -2.32. The third kappa shape index (κ3) is 5.47. The Morgan fingerprint density at radius 3 is 2.50 bits per heavy atom. The van der Waals surface area contributed by atoms with Gasteiger partial charge in [0.15, 0.2) is 0 Å². The Hall–Kier alpha value is 0.0949. The highest BCUT2D eigenvalue weighted by Gasteiger charge is 2.48. The lowest BCUT2D eigenvalue weighted by molar-refractivity contribution is -0.112. The summed E-state index contributed by atoms with van der Waals surface area (Å²) < 4.78 is 33.6. The van der Waals surface area contributed by atoms with Gasteiger partial charge in [0.05, 0.1) is 18.8 Å². The molecule has 1 aliphatic rings. The zero-order valence-corrected chi connectivity index (χ0v) is 14.1. The van der Waals surface area contributed by atoms with Gasteiger partial charge in [0.2, 0.25) is 0 Å². The minimum atomic E-state index is -4.09. The van der Waals surface area contributed by atoms with Crippen molar-refractivity contribution in [3.8, 4) is 0 Å². The van der Waals surface area contributed by atoms with E-state index < -0.39 is 19.5 Å². The lowest BCUT2D eigenvalue weighted by atomic mass is 9.93. The van der Waals surface area contributed by atoms with Crippen molar-refractivity contribution in [2.75, 3.05) is 6.61 Å². The third-order valence-electron chi connectivity index (χ3n) is 3.01. The molecular formula is C12H26BO6P. The van der Waals surface area contributed by atoms with Crippen molar-refractivity contribution in [2.24, 2.45) is 0 Å². The molecule has 0 bridgehead atoms. The number of rotatable bonds is 7. The standard InChI is InChI=1S/C12H26BO6P/c1-8(2)16-7-12(5)10(6-11(13)17-12)19-20(14,15)18-9(3)4/h8-11H,6-7,13H2,1-5H3,(H,14,15)/t10?,11-,12-/m1/s1. The van der Waals surface area contributed by atoms with Crippen LogP contribution in [-0.2, 0) is 23.1 Å². The quantitative estimate of drug-likeness (QED) is 0.567. The molecule has 6 nitrogen and oxygen atoms in total. The van der Waals surface area contributed by atoms with Crippen molar-refractivity contribution in [2.45, 2.75) is 71.0 Å². The summed E-state index contributed by atoms with van der Waals surface area (Å²) in [6, 6.07) is -0.0557. The average molecular weight is 308 g/mol. The molecule has 1 saturated heterocycles. The minimum absolute atomic E-state index is 0.0554. The van der Waals surface area contributed by atoms with E-state index >= 15 is 0 Å². The van der Waals surface area contributed by atoms with Gasteiger partial charge in [-0.15, -0.1) is 0 Å². The summed E-state index contributed by atoms with van der Waals surface area (Å²) in [5.74, 6) is 0. The van der Waals surface area contributed by atoms with Crippen molar-refractivity contribution in [1.29, 1.82) is 0 Å². The van der Waals surface area contributed by atoms with E-state index in [4.69, 9.17) is 18.5 Å². The summed E-state index contributed by atoms with van der Waals surface area (Å²) >= 11 is 0. The lowest BCUT2D eigenvalue weighted by Crippen LogP contribution is -2.43. The predicted molar refractivity (Wildman–Crippen MR) is 78.4 cm³/mol. The van der Waals surface area contributed by atoms with Gasteiger partial charge in [0.25, 0.3) is 0 Å². The summed E-state index contributed by atoms with van der Waals surface area (Å²) in [6.45, 7) is 9.36. The molecule has 0 saturated carbocycles. The van der Waals surface area contributed by atoms with E-state index in [1.54, 1.807) is 13.8 Å². The van der Waals surface area contributed by atoms with Gasteiger partial charge in [-0.05, 0) is 41.0 Å². The van der Waals surface area contributed by atoms with Gasteiger partial charge in [0.1, 0.15) is 19.6 Å². The highest BCUT2D eigenvalue weighted by Crippen LogP contribution is 2.50. The third-order valence-corrected chi connectivity index (χ3v) is 4.21. The van der Waals surface area contributed by atoms with Crippen molar-refractivity contribution in [1.82, 2.24) is 0 Å². The topological polar surface area (TPSA) is 74.2 Å². The Bertz CT molecular complexity index is 364. The van der Waals surface area contributed by atoms with Crippen LogP contribution in [0.1, 0.15) is 41.0 Å². The van der Waals surface area contributed by atoms with Gasteiger partial charge in [-0.1, -0.05) is 0 Å². The molecule has 0 radical (unpaired) electrons. The highest BCUT2D eigenvalue weighted by molar-refractivity contribution is 7.47. The van der Waals surface area contributed by atoms with Crippen LogP contribution < -0.4 is 0 Å². The molecule has 0 aromatic carbocycles. The first-order valence-corrected chi connectivity index (χ1v) is 8.52. The van der Waals surface area contributed by atoms with E-state index in [0.717, 1.165) is 0 Å². The zero-order valence-electron chi connectivity index (χ0n) is 13.2. The first kappa shape index (κ1) is 18.1. The fraction of sp³-hybridized carbons (Fsp3) is 1.00. The summed E-state index contributed by atoms with van der Waals surface area (Å²) in [5.41, 5.74) is -0.748. The Morgan fingerprint density at radius 2 is 2.00 bits per heavy atom. The van der Waals surface area contributed by atoms with Crippen LogP contribution >= 0.6 is 7.82 Å². The molecule has 1 fully saturated rings. The fourth-order valence-electron chi connectivity index (χ4n) is 2.20. The van der Waals surface area contributed by atoms with Gasteiger partial charge in [0, 0.05) is 6.00 Å². The van der Waals surface area contributed by atoms with Crippen molar-refractivity contribution >= 4 is 15.7 Å². The number of hydrogen-bond donors (Lipinski definition) is 1. The van der Waals surface area contributed by atoms with E-state index in [-0.39, 0.29) is 18.2 Å². The molecule has 4 atom stereocenters. The summed E-state index contributed by atoms with van der Waals surface area (Å²) in [4.78, 5) is 9.76. The normalized spacial score (nSPS) is 33.8. The second kappa shape index (κ2) is 6.90. The molecule has 0 aromatic heterocycles. The Morgan fingerprint density at radius 1 is 1.40 bits per heavy atom. The van der Waals surface area contributed by atoms with E-state index in [9.17, 15) is 9.46 Å². The fourth-order valence-corrected chi connectivity index (χ4v) is 3.41. The van der Waals surface area contributed by atoms with Crippen molar-refractivity contribution in [3.05, 3.63) is 0 Å². The molecule has 1 heterocycles. The van der Waals surface area contributed by atoms with E-state index in [1.165, 1.54) is 0 Å². The van der Waals surface area contributed by atoms with Crippen molar-refractivity contribution in [3.63, 3.8) is 0 Å². The Labute approximate surface area is 122 Å². The molecule has 1 rings (SSSR count). The molecule has 1 aliphatic heterocycles. The van der Waals surface area contributed by atoms with Gasteiger partial charge >= 0.3 is 7.82 Å². The first-order chi connectivity index (χ1) is 9.04. The van der Waals surface area contributed by atoms with Crippen LogP contribution in [0.15, 0.2) is 0 Å². The van der Waals surface area contributed by atoms with Crippen LogP contribution in [0, 0.1) is 0 Å². The largest absolute Gasteiger partial charge is 0.472 e. The second-order valence-electron chi connectivity index (χ2n) is 6.05. The Kier molecular flexibility index (Phi) is 6.26. The van der Waals surface area contributed by atoms with Crippen LogP contribution in [0.2, 0.25) is 0 Å². The van der Waals surface area contributed by atoms with Crippen molar-refractivity contribution < 1.29 is 28.0 Å². The van der Waals surface area contributed by atoms with Gasteiger partial charge in [-0.25, -0.2) is 4.57 Å². The second-order valence-corrected chi connectivity index (χ2v) is 7.41. The molecule has 0 amide bonds. The molecule has 0 aliphatic carbocycles. The number of phosphoric acid groups is 1. The molecule has 118 valence electrons. The molecule has 1 N–H and O–H groups in total. The zero-order chi connectivity index (χ0) is 15.6. The van der Waals surface area contributed by atoms with Gasteiger partial charge in [-0.2, -0.15) is 0 Å². The maximum Gasteiger partial charge on any atom is 0.472 e. The molecule has 0 aromatic rings. The SMILES string of the molecule is B[C@H]1CC(OP(=O)(O)OC(C)C)[C@@](C)(COC(C)C)O1. The smallest absolute Gasteiger partial charge is 0.376 e. The highest BCUT2D eigenvalue weighted by atomic mass is 31.2. The molecule has 20 heavy (non-hydrogen) atoms. The van der Waals surface area contributed by atoms with Crippen LogP contribution in [0.3, 0.4) is 0 Å². The van der Waals surface area contributed by atoms with Crippen LogP contribution in [0.5, 0.6) is 0 Å². The van der Waals surface area contributed by atoms with Crippen LogP contribution in [0.4, 0.5) is 0 Å². The minimum Gasteiger partial charge on any atom is -0.376 e. The van der Waals surface area contributed by atoms with E-state index in [0.29, 0.717) is 13.0 Å². The maximum absolute atomic E-state index is 11.9. The number of ether oxygens (including phenoxy) is 2. The molecule has 2 unspecified atom stereocenters. The summed E-state index contributed by atoms with van der Waals surface area (Å²) in [6.07, 6.45) is -0.335. The van der Waals surface area contributed by atoms with Crippen LogP contribution in [-0.4, -0.2) is 49.3 Å². The monoisotopic (exact) mass is 308 g/mol. The molecular weight excluding hydrogens is 282 g/mol. The summed E-state index contributed by atoms with van der Waals surface area (Å²) in [7, 11) is -2.18. The Balaban J connectivity index is 2.72. The van der Waals surface area contributed by atoms with E-state index in [2.05, 4.69) is 0 Å².